The number of urea groups is 2. The second-order valence-corrected chi connectivity index (χ2v) is 3.84. The van der Waals surface area contributed by atoms with E-state index >= 15 is 0 Å². The Labute approximate surface area is 120 Å². The molecule has 0 saturated heterocycles. The molecule has 0 aliphatic heterocycles. The lowest BCUT2D eigenvalue weighted by Crippen LogP contribution is -2.45. The predicted molar refractivity (Wildman–Crippen MR) is 72.7 cm³/mol. The number of carbonyl (C=O) groups is 2. The SMILES string of the molecule is CCCCOc1nc(N(N)C(N)=O)nc(N(N)C(N)=O)n1. The van der Waals surface area contributed by atoms with Crippen LogP contribution in [-0.2, 0) is 0 Å². The van der Waals surface area contributed by atoms with Crippen LogP contribution in [0.3, 0.4) is 0 Å². The highest BCUT2D eigenvalue weighted by Crippen LogP contribution is 2.15. The molecule has 8 N–H and O–H groups in total. The summed E-state index contributed by atoms with van der Waals surface area (Å²) in [5.41, 5.74) is 10.0. The number of primary amides is 2. The van der Waals surface area contributed by atoms with E-state index in [2.05, 4.69) is 15.0 Å². The molecule has 0 radical (unpaired) electrons. The van der Waals surface area contributed by atoms with Crippen molar-refractivity contribution < 1.29 is 14.3 Å². The number of unbranched alkanes of at least 4 members (excludes halogenated alkanes) is 1. The van der Waals surface area contributed by atoms with Crippen LogP contribution in [-0.4, -0.2) is 33.6 Å². The first-order valence-electron chi connectivity index (χ1n) is 5.94. The summed E-state index contributed by atoms with van der Waals surface area (Å²) in [6, 6.07) is -2.21. The fraction of sp³-hybridized carbons (Fsp3) is 0.444. The lowest BCUT2D eigenvalue weighted by molar-refractivity contribution is 0.253. The minimum absolute atomic E-state index is 0.170. The van der Waals surface area contributed by atoms with Gasteiger partial charge >= 0.3 is 18.1 Å². The zero-order valence-electron chi connectivity index (χ0n) is 11.4. The molecule has 1 aromatic heterocycles. The van der Waals surface area contributed by atoms with Gasteiger partial charge in [0.15, 0.2) is 0 Å². The van der Waals surface area contributed by atoms with Crippen molar-refractivity contribution in [2.24, 2.45) is 23.2 Å². The van der Waals surface area contributed by atoms with Crippen molar-refractivity contribution in [3.05, 3.63) is 0 Å². The normalized spacial score (nSPS) is 10.0. The van der Waals surface area contributed by atoms with Gasteiger partial charge in [-0.1, -0.05) is 13.3 Å². The van der Waals surface area contributed by atoms with E-state index in [-0.39, 0.29) is 17.9 Å². The summed E-state index contributed by atoms with van der Waals surface area (Å²) in [6.07, 6.45) is 1.64. The zero-order valence-corrected chi connectivity index (χ0v) is 11.4. The second-order valence-electron chi connectivity index (χ2n) is 3.84. The molecular formula is C9H17N9O3. The second kappa shape index (κ2) is 7.16. The van der Waals surface area contributed by atoms with Crippen molar-refractivity contribution in [3.63, 3.8) is 0 Å². The van der Waals surface area contributed by atoms with Gasteiger partial charge in [0.25, 0.3) is 11.9 Å². The summed E-state index contributed by atoms with van der Waals surface area (Å²) >= 11 is 0. The van der Waals surface area contributed by atoms with Crippen LogP contribution in [0.5, 0.6) is 6.01 Å². The molecule has 0 saturated carbocycles. The lowest BCUT2D eigenvalue weighted by atomic mass is 10.4. The smallest absolute Gasteiger partial charge is 0.336 e. The molecule has 0 aliphatic carbocycles. The number of carbonyl (C=O) groups excluding carboxylic acids is 2. The number of nitrogens with zero attached hydrogens (tertiary/aromatic N) is 5. The molecule has 4 amide bonds. The van der Waals surface area contributed by atoms with Gasteiger partial charge in [0.2, 0.25) is 0 Å². The number of anilines is 2. The Morgan fingerprint density at radius 2 is 1.52 bits per heavy atom. The fourth-order valence-electron chi connectivity index (χ4n) is 1.12. The molecule has 116 valence electrons. The van der Waals surface area contributed by atoms with Crippen LogP contribution in [0.1, 0.15) is 19.8 Å². The third-order valence-corrected chi connectivity index (χ3v) is 2.23. The van der Waals surface area contributed by atoms with Crippen molar-refractivity contribution >= 4 is 24.0 Å². The van der Waals surface area contributed by atoms with Gasteiger partial charge in [0.1, 0.15) is 0 Å². The average molecular weight is 299 g/mol. The van der Waals surface area contributed by atoms with Crippen molar-refractivity contribution in [1.29, 1.82) is 0 Å². The molecule has 1 heterocycles. The van der Waals surface area contributed by atoms with E-state index in [9.17, 15) is 9.59 Å². The van der Waals surface area contributed by atoms with E-state index in [0.717, 1.165) is 12.8 Å². The molecule has 0 unspecified atom stereocenters. The number of rotatable bonds is 6. The Morgan fingerprint density at radius 3 is 1.90 bits per heavy atom. The van der Waals surface area contributed by atoms with Gasteiger partial charge in [0, 0.05) is 0 Å². The molecule has 0 aliphatic rings. The maximum atomic E-state index is 11.0. The van der Waals surface area contributed by atoms with E-state index in [0.29, 0.717) is 16.6 Å². The Kier molecular flexibility index (Phi) is 5.57. The van der Waals surface area contributed by atoms with E-state index in [1.165, 1.54) is 0 Å². The third-order valence-electron chi connectivity index (χ3n) is 2.23. The highest BCUT2D eigenvalue weighted by Gasteiger charge is 2.19. The van der Waals surface area contributed by atoms with Gasteiger partial charge in [-0.05, 0) is 6.42 Å². The van der Waals surface area contributed by atoms with Crippen molar-refractivity contribution in [2.75, 3.05) is 16.6 Å². The number of nitrogens with two attached hydrogens (primary N) is 4. The quantitative estimate of drug-likeness (QED) is 0.212. The topological polar surface area (TPSA) is 193 Å². The number of hydrazine groups is 2. The van der Waals surface area contributed by atoms with Crippen LogP contribution >= 0.6 is 0 Å². The van der Waals surface area contributed by atoms with Gasteiger partial charge in [-0.25, -0.2) is 21.3 Å². The zero-order chi connectivity index (χ0) is 16.0. The number of amides is 4. The average Bonchev–Trinajstić information content (AvgIpc) is 2.45. The number of ether oxygens (including phenoxy) is 1. The molecule has 0 atom stereocenters. The molecule has 21 heavy (non-hydrogen) atoms. The first-order chi connectivity index (χ1) is 9.86. The van der Waals surface area contributed by atoms with Crippen LogP contribution in [0.2, 0.25) is 0 Å². The van der Waals surface area contributed by atoms with Crippen LogP contribution in [0.15, 0.2) is 0 Å². The van der Waals surface area contributed by atoms with Crippen molar-refractivity contribution in [1.82, 2.24) is 15.0 Å². The number of aromatic nitrogens is 3. The van der Waals surface area contributed by atoms with Crippen LogP contribution in [0.25, 0.3) is 0 Å². The third kappa shape index (κ3) is 4.39. The molecule has 0 fully saturated rings. The van der Waals surface area contributed by atoms with Gasteiger partial charge in [-0.2, -0.15) is 25.0 Å². The summed E-state index contributed by atoms with van der Waals surface area (Å²) in [5, 5.41) is 0.902. The maximum Gasteiger partial charge on any atom is 0.336 e. The van der Waals surface area contributed by atoms with Crippen LogP contribution in [0, 0.1) is 0 Å². The highest BCUT2D eigenvalue weighted by atomic mass is 16.5. The summed E-state index contributed by atoms with van der Waals surface area (Å²) in [7, 11) is 0. The highest BCUT2D eigenvalue weighted by molar-refractivity contribution is 5.89. The standard InChI is InChI=1S/C9H17N9O3/c1-2-3-4-21-9-15-7(17(12)5(10)19)14-8(16-9)18(13)6(11)20/h2-4,12-13H2,1H3,(H2,10,19)(H2,11,20). The van der Waals surface area contributed by atoms with Crippen molar-refractivity contribution in [3.8, 4) is 6.01 Å². The Morgan fingerprint density at radius 1 is 1.05 bits per heavy atom. The first-order valence-corrected chi connectivity index (χ1v) is 5.94. The minimum atomic E-state index is -1.02. The summed E-state index contributed by atoms with van der Waals surface area (Å²) in [4.78, 5) is 33.3. The fourth-order valence-corrected chi connectivity index (χ4v) is 1.12. The minimum Gasteiger partial charge on any atom is -0.463 e. The monoisotopic (exact) mass is 299 g/mol. The molecule has 1 aromatic rings. The molecule has 0 spiro atoms. The summed E-state index contributed by atoms with van der Waals surface area (Å²) in [6.45, 7) is 2.29. The maximum absolute atomic E-state index is 11.0. The molecule has 12 heteroatoms. The molecule has 1 rings (SSSR count). The predicted octanol–water partition coefficient (Wildman–Crippen LogP) is -1.43. The van der Waals surface area contributed by atoms with E-state index in [1.54, 1.807) is 0 Å². The summed E-state index contributed by atoms with van der Waals surface area (Å²) < 4.78 is 5.26. The largest absolute Gasteiger partial charge is 0.463 e. The first kappa shape index (κ1) is 16.3. The molecule has 0 bridgehead atoms. The van der Waals surface area contributed by atoms with Crippen molar-refractivity contribution in [2.45, 2.75) is 19.8 Å². The van der Waals surface area contributed by atoms with Crippen LogP contribution < -0.4 is 37.9 Å². The van der Waals surface area contributed by atoms with E-state index < -0.39 is 12.1 Å². The molecule has 0 aromatic carbocycles. The summed E-state index contributed by atoms with van der Waals surface area (Å²) in [5.74, 6) is 10.1. The van der Waals surface area contributed by atoms with E-state index in [4.69, 9.17) is 27.9 Å². The van der Waals surface area contributed by atoms with Crippen LogP contribution in [0.4, 0.5) is 21.5 Å². The molecular weight excluding hydrogens is 282 g/mol. The van der Waals surface area contributed by atoms with E-state index in [1.807, 2.05) is 6.92 Å². The number of hydrogen-bond donors (Lipinski definition) is 4. The molecule has 12 nitrogen and oxygen atoms in total. The Hall–Kier alpha value is -2.73. The van der Waals surface area contributed by atoms with Gasteiger partial charge in [0.05, 0.1) is 6.61 Å². The lowest BCUT2D eigenvalue weighted by Gasteiger charge is -2.16. The van der Waals surface area contributed by atoms with Gasteiger partial charge < -0.3 is 16.2 Å². The van der Waals surface area contributed by atoms with Gasteiger partial charge in [-0.15, -0.1) is 0 Å². The Balaban J connectivity index is 3.12. The Bertz CT molecular complexity index is 485. The number of hydrogen-bond acceptors (Lipinski definition) is 8. The van der Waals surface area contributed by atoms with Gasteiger partial charge in [-0.3, -0.25) is 0 Å².